The molecule has 0 radical (unpaired) electrons. The molecule has 0 unspecified atom stereocenters. The van der Waals surface area contributed by atoms with Crippen molar-refractivity contribution in [2.75, 3.05) is 44.6 Å². The first kappa shape index (κ1) is 21.1. The first-order valence-electron chi connectivity index (χ1n) is 9.74. The maximum Gasteiger partial charge on any atom is 0.262 e. The van der Waals surface area contributed by atoms with Crippen molar-refractivity contribution in [3.05, 3.63) is 53.6 Å². The van der Waals surface area contributed by atoms with Crippen molar-refractivity contribution in [3.8, 4) is 5.75 Å². The highest BCUT2D eigenvalue weighted by Gasteiger charge is 2.25. The van der Waals surface area contributed by atoms with E-state index in [0.29, 0.717) is 35.7 Å². The summed E-state index contributed by atoms with van der Waals surface area (Å²) in [5.41, 5.74) is 1.41. The van der Waals surface area contributed by atoms with E-state index in [1.165, 1.54) is 11.0 Å². The normalized spacial score (nSPS) is 15.2. The number of amides is 1. The highest BCUT2D eigenvalue weighted by atomic mass is 32.2. The standard InChI is InChI=1S/C21H27N3O4S/c1-4-23-11-13-24(14-12-23)21(25)17-6-5-16(2)20(15-17)29(26,27)22-18-7-9-19(28-3)10-8-18/h5-10,15,22H,4,11-14H2,1-3H3/p+1. The fraction of sp³-hybridized carbons (Fsp3) is 0.381. The van der Waals surface area contributed by atoms with Crippen LogP contribution in [0, 0.1) is 6.92 Å². The third-order valence-corrected chi connectivity index (χ3v) is 6.85. The molecular weight excluding hydrogens is 390 g/mol. The summed E-state index contributed by atoms with van der Waals surface area (Å²) in [6.45, 7) is 8.10. The van der Waals surface area contributed by atoms with E-state index in [0.717, 1.165) is 19.6 Å². The summed E-state index contributed by atoms with van der Waals surface area (Å²) in [6.07, 6.45) is 0. The number of anilines is 1. The maximum atomic E-state index is 12.9. The molecule has 0 atom stereocenters. The molecule has 7 nitrogen and oxygen atoms in total. The van der Waals surface area contributed by atoms with Crippen molar-refractivity contribution in [3.63, 3.8) is 0 Å². The Labute approximate surface area is 172 Å². The van der Waals surface area contributed by atoms with Gasteiger partial charge in [0, 0.05) is 11.3 Å². The van der Waals surface area contributed by atoms with Crippen molar-refractivity contribution in [2.45, 2.75) is 18.7 Å². The molecule has 2 aromatic carbocycles. The van der Waals surface area contributed by atoms with E-state index in [1.54, 1.807) is 55.3 Å². The van der Waals surface area contributed by atoms with Crippen LogP contribution in [0.3, 0.4) is 0 Å². The second kappa shape index (κ2) is 8.84. The monoisotopic (exact) mass is 418 g/mol. The Morgan fingerprint density at radius 2 is 1.79 bits per heavy atom. The molecule has 8 heteroatoms. The van der Waals surface area contributed by atoms with Crippen LogP contribution in [0.4, 0.5) is 5.69 Å². The van der Waals surface area contributed by atoms with Crippen LogP contribution in [0.1, 0.15) is 22.8 Å². The fourth-order valence-corrected chi connectivity index (χ4v) is 4.78. The highest BCUT2D eigenvalue weighted by Crippen LogP contribution is 2.23. The minimum atomic E-state index is -3.83. The van der Waals surface area contributed by atoms with Crippen molar-refractivity contribution in [2.24, 2.45) is 0 Å². The van der Waals surface area contributed by atoms with Crippen molar-refractivity contribution in [1.29, 1.82) is 0 Å². The van der Waals surface area contributed by atoms with Crippen molar-refractivity contribution in [1.82, 2.24) is 4.90 Å². The van der Waals surface area contributed by atoms with Gasteiger partial charge in [0.05, 0.1) is 44.7 Å². The molecule has 1 fully saturated rings. The molecule has 1 saturated heterocycles. The molecule has 0 spiro atoms. The minimum Gasteiger partial charge on any atom is -0.497 e. The molecule has 2 N–H and O–H groups in total. The third-order valence-electron chi connectivity index (χ3n) is 5.32. The Balaban J connectivity index is 1.81. The number of quaternary nitrogens is 1. The Kier molecular flexibility index (Phi) is 6.44. The Morgan fingerprint density at radius 3 is 2.38 bits per heavy atom. The molecule has 1 aliphatic rings. The van der Waals surface area contributed by atoms with Gasteiger partial charge >= 0.3 is 0 Å². The number of likely N-dealkylation sites (N-methyl/N-ethyl adjacent to an activating group) is 1. The second-order valence-electron chi connectivity index (χ2n) is 7.21. The van der Waals surface area contributed by atoms with E-state index in [-0.39, 0.29) is 10.8 Å². The van der Waals surface area contributed by atoms with Crippen LogP contribution in [-0.4, -0.2) is 59.1 Å². The van der Waals surface area contributed by atoms with E-state index in [2.05, 4.69) is 11.6 Å². The van der Waals surface area contributed by atoms with Gasteiger partial charge in [0.1, 0.15) is 5.75 Å². The molecule has 1 aliphatic heterocycles. The van der Waals surface area contributed by atoms with Crippen LogP contribution in [0.5, 0.6) is 5.75 Å². The number of nitrogens with zero attached hydrogens (tertiary/aromatic N) is 1. The maximum absolute atomic E-state index is 12.9. The van der Waals surface area contributed by atoms with Gasteiger partial charge in [0.25, 0.3) is 15.9 Å². The van der Waals surface area contributed by atoms with Crippen LogP contribution in [0.15, 0.2) is 47.4 Å². The second-order valence-corrected chi connectivity index (χ2v) is 8.86. The quantitative estimate of drug-likeness (QED) is 0.738. The largest absolute Gasteiger partial charge is 0.497 e. The van der Waals surface area contributed by atoms with Gasteiger partial charge in [0.2, 0.25) is 0 Å². The van der Waals surface area contributed by atoms with Gasteiger partial charge < -0.3 is 14.5 Å². The summed E-state index contributed by atoms with van der Waals surface area (Å²) in [6, 6.07) is 11.5. The highest BCUT2D eigenvalue weighted by molar-refractivity contribution is 7.92. The molecule has 1 heterocycles. The number of ether oxygens (including phenoxy) is 1. The summed E-state index contributed by atoms with van der Waals surface area (Å²) >= 11 is 0. The molecule has 0 bridgehead atoms. The first-order valence-corrected chi connectivity index (χ1v) is 11.2. The predicted octanol–water partition coefficient (Wildman–Crippen LogP) is 1.17. The lowest BCUT2D eigenvalue weighted by Crippen LogP contribution is -3.14. The van der Waals surface area contributed by atoms with Crippen LogP contribution in [0.2, 0.25) is 0 Å². The zero-order chi connectivity index (χ0) is 21.0. The number of piperazine rings is 1. The Morgan fingerprint density at radius 1 is 1.14 bits per heavy atom. The van der Waals surface area contributed by atoms with E-state index >= 15 is 0 Å². The number of nitrogens with one attached hydrogen (secondary N) is 2. The Bertz CT molecular complexity index is 966. The number of benzene rings is 2. The lowest BCUT2D eigenvalue weighted by molar-refractivity contribution is -0.902. The van der Waals surface area contributed by atoms with Gasteiger partial charge in [-0.05, 0) is 55.8 Å². The lowest BCUT2D eigenvalue weighted by Gasteiger charge is -2.31. The zero-order valence-electron chi connectivity index (χ0n) is 17.1. The van der Waals surface area contributed by atoms with Crippen LogP contribution in [0.25, 0.3) is 0 Å². The summed E-state index contributed by atoms with van der Waals surface area (Å²) in [5.74, 6) is 0.516. The van der Waals surface area contributed by atoms with E-state index < -0.39 is 10.0 Å². The van der Waals surface area contributed by atoms with Gasteiger partial charge in [-0.15, -0.1) is 0 Å². The number of carbonyl (C=O) groups is 1. The Hall–Kier alpha value is -2.58. The fourth-order valence-electron chi connectivity index (χ4n) is 3.45. The first-order chi connectivity index (χ1) is 13.8. The number of carbonyl (C=O) groups excluding carboxylic acids is 1. The predicted molar refractivity (Wildman–Crippen MR) is 112 cm³/mol. The van der Waals surface area contributed by atoms with Gasteiger partial charge in [0.15, 0.2) is 0 Å². The number of rotatable bonds is 6. The molecule has 0 aromatic heterocycles. The summed E-state index contributed by atoms with van der Waals surface area (Å²) < 4.78 is 33.5. The molecule has 3 rings (SSSR count). The molecule has 0 aliphatic carbocycles. The smallest absolute Gasteiger partial charge is 0.262 e. The molecule has 156 valence electrons. The number of sulfonamides is 1. The van der Waals surface area contributed by atoms with Gasteiger partial charge in [-0.2, -0.15) is 0 Å². The molecule has 0 saturated carbocycles. The van der Waals surface area contributed by atoms with Gasteiger partial charge in [-0.25, -0.2) is 8.42 Å². The number of hydrogen-bond donors (Lipinski definition) is 2. The number of methoxy groups -OCH3 is 1. The zero-order valence-corrected chi connectivity index (χ0v) is 17.9. The van der Waals surface area contributed by atoms with E-state index in [1.807, 2.05) is 0 Å². The van der Waals surface area contributed by atoms with Gasteiger partial charge in [-0.1, -0.05) is 6.07 Å². The SMILES string of the molecule is CC[NH+]1CCN(C(=O)c2ccc(C)c(S(=O)(=O)Nc3ccc(OC)cc3)c2)CC1. The van der Waals surface area contributed by atoms with Crippen LogP contribution in [-0.2, 0) is 10.0 Å². The van der Waals surface area contributed by atoms with Crippen LogP contribution < -0.4 is 14.4 Å². The van der Waals surface area contributed by atoms with E-state index in [4.69, 9.17) is 4.74 Å². The van der Waals surface area contributed by atoms with Gasteiger partial charge in [-0.3, -0.25) is 9.52 Å². The van der Waals surface area contributed by atoms with E-state index in [9.17, 15) is 13.2 Å². The topological polar surface area (TPSA) is 80.2 Å². The van der Waals surface area contributed by atoms with Crippen molar-refractivity contribution < 1.29 is 22.8 Å². The lowest BCUT2D eigenvalue weighted by atomic mass is 10.1. The third kappa shape index (κ3) is 4.89. The summed E-state index contributed by atoms with van der Waals surface area (Å²) in [5, 5.41) is 0. The molecule has 2 aromatic rings. The summed E-state index contributed by atoms with van der Waals surface area (Å²) in [4.78, 5) is 16.3. The molecular formula is C21H28N3O4S+. The average molecular weight is 419 g/mol. The number of aryl methyl sites for hydroxylation is 1. The molecule has 29 heavy (non-hydrogen) atoms. The van der Waals surface area contributed by atoms with Crippen molar-refractivity contribution >= 4 is 21.6 Å². The number of hydrogen-bond acceptors (Lipinski definition) is 4. The minimum absolute atomic E-state index is 0.108. The van der Waals surface area contributed by atoms with Crippen LogP contribution >= 0.6 is 0 Å². The summed E-state index contributed by atoms with van der Waals surface area (Å²) in [7, 11) is -2.28. The molecule has 1 amide bonds. The average Bonchev–Trinajstić information content (AvgIpc) is 2.74.